The number of esters is 1. The Hall–Kier alpha value is -3.37. The highest BCUT2D eigenvalue weighted by Gasteiger charge is 2.35. The van der Waals surface area contributed by atoms with Crippen molar-refractivity contribution in [3.05, 3.63) is 123 Å². The minimum Gasteiger partial charge on any atom is -0.496 e. The molecule has 0 fully saturated rings. The maximum Gasteiger partial charge on any atom is 0.338 e. The van der Waals surface area contributed by atoms with Crippen molar-refractivity contribution in [1.82, 2.24) is 4.57 Å². The van der Waals surface area contributed by atoms with E-state index in [2.05, 4.69) is 20.9 Å². The summed E-state index contributed by atoms with van der Waals surface area (Å²) in [6.07, 6.45) is 1.43. The number of hydrogen-bond donors (Lipinski definition) is 0. The molecule has 0 bridgehead atoms. The van der Waals surface area contributed by atoms with E-state index in [0.29, 0.717) is 48.7 Å². The van der Waals surface area contributed by atoms with Crippen molar-refractivity contribution in [3.8, 4) is 11.5 Å². The highest BCUT2D eigenvalue weighted by Crippen LogP contribution is 2.37. The van der Waals surface area contributed by atoms with Gasteiger partial charge in [0.15, 0.2) is 4.80 Å². The number of carbonyl (C=O) groups excluding carboxylic acids is 1. The number of rotatable bonds is 8. The molecule has 43 heavy (non-hydrogen) atoms. The third kappa shape index (κ3) is 6.75. The molecular formula is C32H27BrCl2N2O5S. The van der Waals surface area contributed by atoms with Crippen LogP contribution in [0, 0.1) is 0 Å². The van der Waals surface area contributed by atoms with Crippen LogP contribution in [0.2, 0.25) is 10.0 Å². The largest absolute Gasteiger partial charge is 0.496 e. The molecule has 11 heteroatoms. The Labute approximate surface area is 270 Å². The average Bonchev–Trinajstić information content (AvgIpc) is 3.26. The van der Waals surface area contributed by atoms with Gasteiger partial charge in [-0.15, -0.1) is 0 Å². The lowest BCUT2D eigenvalue weighted by atomic mass is 9.95. The number of fused-ring (bicyclic) bond motifs is 1. The monoisotopic (exact) mass is 700 g/mol. The molecule has 0 N–H and O–H groups in total. The summed E-state index contributed by atoms with van der Waals surface area (Å²) in [6.45, 7) is 5.60. The van der Waals surface area contributed by atoms with E-state index in [1.165, 1.54) is 15.9 Å². The lowest BCUT2D eigenvalue weighted by Crippen LogP contribution is -2.40. The fourth-order valence-corrected chi connectivity index (χ4v) is 6.46. The van der Waals surface area contributed by atoms with Gasteiger partial charge in [0.25, 0.3) is 5.56 Å². The standard InChI is InChI=1S/C32H27BrCl2N2O5S/c1-17(2)42-31(39)28-18(3)36-32-37(29(28)23-15-21(33)9-11-26(23)40-4)30(38)27(43-32)14-19-6-5-7-22(12-19)41-16-20-8-10-24(34)25(35)13-20/h5-15,17,29H,16H2,1-4H3/b27-14-/t29-/m1/s1. The molecule has 0 spiro atoms. The normalized spacial score (nSPS) is 14.9. The van der Waals surface area contributed by atoms with Crippen LogP contribution in [0.4, 0.5) is 0 Å². The lowest BCUT2D eigenvalue weighted by molar-refractivity contribution is -0.143. The number of methoxy groups -OCH3 is 1. The first-order chi connectivity index (χ1) is 20.5. The molecule has 0 saturated carbocycles. The van der Waals surface area contributed by atoms with Gasteiger partial charge in [-0.2, -0.15) is 0 Å². The molecule has 0 unspecified atom stereocenters. The van der Waals surface area contributed by atoms with Crippen LogP contribution in [0.15, 0.2) is 86.2 Å². The number of aromatic nitrogens is 1. The molecule has 7 nitrogen and oxygen atoms in total. The van der Waals surface area contributed by atoms with Crippen LogP contribution in [0.25, 0.3) is 6.08 Å². The highest BCUT2D eigenvalue weighted by molar-refractivity contribution is 9.10. The van der Waals surface area contributed by atoms with Crippen LogP contribution in [-0.2, 0) is 16.1 Å². The third-order valence-electron chi connectivity index (χ3n) is 6.62. The second kappa shape index (κ2) is 13.1. The van der Waals surface area contributed by atoms with E-state index >= 15 is 0 Å². The van der Waals surface area contributed by atoms with Crippen molar-refractivity contribution < 1.29 is 19.0 Å². The van der Waals surface area contributed by atoms with Gasteiger partial charge in [0, 0.05) is 10.0 Å². The van der Waals surface area contributed by atoms with Crippen LogP contribution >= 0.6 is 50.5 Å². The second-order valence-corrected chi connectivity index (χ2v) is 12.8. The van der Waals surface area contributed by atoms with E-state index in [1.54, 1.807) is 52.2 Å². The van der Waals surface area contributed by atoms with E-state index in [1.807, 2.05) is 42.5 Å². The summed E-state index contributed by atoms with van der Waals surface area (Å²) < 4.78 is 20.0. The predicted molar refractivity (Wildman–Crippen MR) is 173 cm³/mol. The number of thiazole rings is 1. The Bertz CT molecular complexity index is 1930. The van der Waals surface area contributed by atoms with Crippen molar-refractivity contribution in [2.75, 3.05) is 7.11 Å². The molecule has 0 radical (unpaired) electrons. The summed E-state index contributed by atoms with van der Waals surface area (Å²) in [5.74, 6) is 0.613. The van der Waals surface area contributed by atoms with Gasteiger partial charge in [-0.25, -0.2) is 9.79 Å². The van der Waals surface area contributed by atoms with E-state index in [4.69, 9.17) is 37.4 Å². The van der Waals surface area contributed by atoms with Crippen LogP contribution in [-0.4, -0.2) is 23.8 Å². The molecule has 1 atom stereocenters. The predicted octanol–water partition coefficient (Wildman–Crippen LogP) is 6.84. The smallest absolute Gasteiger partial charge is 0.338 e. The Kier molecular flexibility index (Phi) is 9.46. The van der Waals surface area contributed by atoms with Gasteiger partial charge >= 0.3 is 5.97 Å². The van der Waals surface area contributed by atoms with Crippen molar-refractivity contribution in [2.45, 2.75) is 39.5 Å². The zero-order valence-corrected chi connectivity index (χ0v) is 27.6. The summed E-state index contributed by atoms with van der Waals surface area (Å²) in [7, 11) is 1.55. The Morgan fingerprint density at radius 2 is 1.91 bits per heavy atom. The molecule has 1 aromatic heterocycles. The van der Waals surface area contributed by atoms with Gasteiger partial charge in [0.05, 0.1) is 39.1 Å². The Morgan fingerprint density at radius 1 is 1.12 bits per heavy atom. The zero-order chi connectivity index (χ0) is 30.8. The molecule has 5 rings (SSSR count). The van der Waals surface area contributed by atoms with Crippen LogP contribution in [0.1, 0.15) is 43.5 Å². The molecule has 2 heterocycles. The van der Waals surface area contributed by atoms with Crippen molar-refractivity contribution in [1.29, 1.82) is 0 Å². The van der Waals surface area contributed by atoms with Gasteiger partial charge in [-0.1, -0.05) is 68.7 Å². The Morgan fingerprint density at radius 3 is 2.63 bits per heavy atom. The van der Waals surface area contributed by atoms with E-state index in [9.17, 15) is 9.59 Å². The summed E-state index contributed by atoms with van der Waals surface area (Å²) >= 11 is 16.9. The van der Waals surface area contributed by atoms with Crippen LogP contribution in [0.3, 0.4) is 0 Å². The minimum atomic E-state index is -0.807. The summed E-state index contributed by atoms with van der Waals surface area (Å²) in [5, 5.41) is 0.940. The maximum atomic E-state index is 14.0. The third-order valence-corrected chi connectivity index (χ3v) is 8.83. The number of carbonyl (C=O) groups is 1. The Balaban J connectivity index is 1.57. The number of ether oxygens (including phenoxy) is 3. The summed E-state index contributed by atoms with van der Waals surface area (Å²) in [6, 6.07) is 17.4. The second-order valence-electron chi connectivity index (χ2n) is 10.0. The lowest BCUT2D eigenvalue weighted by Gasteiger charge is -2.26. The first kappa shape index (κ1) is 31.1. The average molecular weight is 702 g/mol. The van der Waals surface area contributed by atoms with Gasteiger partial charge in [-0.05, 0) is 80.4 Å². The zero-order valence-electron chi connectivity index (χ0n) is 23.7. The quantitative estimate of drug-likeness (QED) is 0.188. The number of halogens is 3. The van der Waals surface area contributed by atoms with Crippen molar-refractivity contribution in [2.24, 2.45) is 4.99 Å². The number of nitrogens with zero attached hydrogens (tertiary/aromatic N) is 2. The fraction of sp³-hybridized carbons (Fsp3) is 0.219. The molecule has 0 aliphatic carbocycles. The minimum absolute atomic E-state index is 0.279. The highest BCUT2D eigenvalue weighted by atomic mass is 79.9. The summed E-state index contributed by atoms with van der Waals surface area (Å²) in [5.41, 5.74) is 2.74. The molecule has 0 amide bonds. The van der Waals surface area contributed by atoms with E-state index in [-0.39, 0.29) is 17.2 Å². The van der Waals surface area contributed by atoms with Crippen LogP contribution < -0.4 is 24.4 Å². The van der Waals surface area contributed by atoms with Gasteiger partial charge in [0.1, 0.15) is 24.1 Å². The van der Waals surface area contributed by atoms with Gasteiger partial charge in [0.2, 0.25) is 0 Å². The number of allylic oxidation sites excluding steroid dienone is 1. The topological polar surface area (TPSA) is 79.1 Å². The SMILES string of the molecule is COc1ccc(Br)cc1[C@@H]1C(C(=O)OC(C)C)=C(C)N=c2s/c(=C\c3cccc(OCc4ccc(Cl)c(Cl)c4)c3)c(=O)n21. The molecule has 1 aliphatic rings. The maximum absolute atomic E-state index is 14.0. The van der Waals surface area contributed by atoms with Crippen molar-refractivity contribution >= 4 is 62.5 Å². The first-order valence-corrected chi connectivity index (χ1v) is 15.7. The molecule has 1 aliphatic heterocycles. The molecular weight excluding hydrogens is 675 g/mol. The van der Waals surface area contributed by atoms with E-state index < -0.39 is 12.0 Å². The molecule has 4 aromatic rings. The molecule has 222 valence electrons. The van der Waals surface area contributed by atoms with Crippen LogP contribution in [0.5, 0.6) is 11.5 Å². The number of benzene rings is 3. The van der Waals surface area contributed by atoms with E-state index in [0.717, 1.165) is 15.6 Å². The fourth-order valence-electron chi connectivity index (χ4n) is 4.71. The van der Waals surface area contributed by atoms with Crippen molar-refractivity contribution in [3.63, 3.8) is 0 Å². The molecule has 3 aromatic carbocycles. The van der Waals surface area contributed by atoms with Gasteiger partial charge < -0.3 is 14.2 Å². The number of hydrogen-bond acceptors (Lipinski definition) is 7. The summed E-state index contributed by atoms with van der Waals surface area (Å²) in [4.78, 5) is 32.6. The first-order valence-electron chi connectivity index (χ1n) is 13.3. The molecule has 0 saturated heterocycles. The van der Waals surface area contributed by atoms with Gasteiger partial charge in [-0.3, -0.25) is 9.36 Å².